The molecule has 104 valence electrons. The highest BCUT2D eigenvalue weighted by Gasteiger charge is 2.09. The number of nitro groups is 1. The zero-order chi connectivity index (χ0) is 14.8. The van der Waals surface area contributed by atoms with Crippen LogP contribution in [0.4, 0.5) is 5.69 Å². The van der Waals surface area contributed by atoms with Gasteiger partial charge in [-0.2, -0.15) is 0 Å². The first-order chi connectivity index (χ1) is 10.1. The number of rotatable bonds is 3. The summed E-state index contributed by atoms with van der Waals surface area (Å²) in [6.07, 6.45) is 3.93. The lowest BCUT2D eigenvalue weighted by molar-refractivity contribution is -0.384. The molecule has 0 amide bonds. The fourth-order valence-electron chi connectivity index (χ4n) is 2.06. The number of benzene rings is 2. The van der Waals surface area contributed by atoms with Crippen LogP contribution in [0.1, 0.15) is 16.1 Å². The molecule has 4 nitrogen and oxygen atoms in total. The molecular formula is C16H12N2O2S. The summed E-state index contributed by atoms with van der Waals surface area (Å²) in [7, 11) is 0. The molecule has 1 aromatic heterocycles. The van der Waals surface area contributed by atoms with Crippen LogP contribution in [0.3, 0.4) is 0 Å². The summed E-state index contributed by atoms with van der Waals surface area (Å²) in [4.78, 5) is 14.8. The van der Waals surface area contributed by atoms with Crippen molar-refractivity contribution in [2.45, 2.75) is 6.92 Å². The second kappa shape index (κ2) is 5.46. The van der Waals surface area contributed by atoms with Crippen molar-refractivity contribution in [3.63, 3.8) is 0 Å². The first-order valence-electron chi connectivity index (χ1n) is 6.41. The summed E-state index contributed by atoms with van der Waals surface area (Å²) >= 11 is 1.45. The van der Waals surface area contributed by atoms with E-state index < -0.39 is 0 Å². The monoisotopic (exact) mass is 296 g/mol. The van der Waals surface area contributed by atoms with E-state index in [1.165, 1.54) is 23.0 Å². The van der Waals surface area contributed by atoms with Crippen molar-refractivity contribution in [1.82, 2.24) is 4.98 Å². The quantitative estimate of drug-likeness (QED) is 0.520. The summed E-state index contributed by atoms with van der Waals surface area (Å²) in [6, 6.07) is 12.9. The van der Waals surface area contributed by atoms with Gasteiger partial charge in [0.05, 0.1) is 15.1 Å². The van der Waals surface area contributed by atoms with Crippen molar-refractivity contribution in [3.8, 4) is 0 Å². The number of aromatic nitrogens is 1. The SMILES string of the molecule is Cc1cccc(/C=C/c2nc3ccc([N+](=O)[O-])cc3s2)c1. The smallest absolute Gasteiger partial charge is 0.258 e. The van der Waals surface area contributed by atoms with Crippen molar-refractivity contribution < 1.29 is 4.92 Å². The van der Waals surface area contributed by atoms with Gasteiger partial charge >= 0.3 is 0 Å². The van der Waals surface area contributed by atoms with E-state index in [2.05, 4.69) is 11.1 Å². The molecule has 0 radical (unpaired) electrons. The van der Waals surface area contributed by atoms with Crippen molar-refractivity contribution in [2.24, 2.45) is 0 Å². The van der Waals surface area contributed by atoms with Gasteiger partial charge in [0.15, 0.2) is 0 Å². The molecule has 0 unspecified atom stereocenters. The van der Waals surface area contributed by atoms with Crippen LogP contribution in [0.5, 0.6) is 0 Å². The fourth-order valence-corrected chi connectivity index (χ4v) is 2.96. The maximum absolute atomic E-state index is 10.8. The first kappa shape index (κ1) is 13.5. The van der Waals surface area contributed by atoms with E-state index >= 15 is 0 Å². The highest BCUT2D eigenvalue weighted by Crippen LogP contribution is 2.27. The molecule has 1 heterocycles. The average Bonchev–Trinajstić information content (AvgIpc) is 2.87. The minimum atomic E-state index is -0.387. The third-order valence-corrected chi connectivity index (χ3v) is 4.04. The Labute approximate surface area is 125 Å². The number of fused-ring (bicyclic) bond motifs is 1. The summed E-state index contributed by atoms with van der Waals surface area (Å²) in [5.41, 5.74) is 3.20. The maximum atomic E-state index is 10.8. The van der Waals surface area contributed by atoms with Gasteiger partial charge in [-0.1, -0.05) is 35.9 Å². The van der Waals surface area contributed by atoms with Gasteiger partial charge in [0, 0.05) is 12.1 Å². The van der Waals surface area contributed by atoms with Gasteiger partial charge < -0.3 is 0 Å². The number of nitrogens with zero attached hydrogens (tertiary/aromatic N) is 2. The Morgan fingerprint density at radius 2 is 2.05 bits per heavy atom. The van der Waals surface area contributed by atoms with Gasteiger partial charge in [0.25, 0.3) is 5.69 Å². The lowest BCUT2D eigenvalue weighted by Crippen LogP contribution is -1.85. The van der Waals surface area contributed by atoms with E-state index in [1.807, 2.05) is 37.3 Å². The number of nitro benzene ring substituents is 1. The van der Waals surface area contributed by atoms with Crippen molar-refractivity contribution in [1.29, 1.82) is 0 Å². The Hall–Kier alpha value is -2.53. The number of thiazole rings is 1. The molecule has 0 bridgehead atoms. The van der Waals surface area contributed by atoms with Crippen LogP contribution in [0, 0.1) is 17.0 Å². The normalized spacial score (nSPS) is 11.3. The largest absolute Gasteiger partial charge is 0.270 e. The van der Waals surface area contributed by atoms with Crippen molar-refractivity contribution in [2.75, 3.05) is 0 Å². The second-order valence-corrected chi connectivity index (χ2v) is 5.77. The van der Waals surface area contributed by atoms with Gasteiger partial charge in [-0.25, -0.2) is 4.98 Å². The van der Waals surface area contributed by atoms with Crippen molar-refractivity contribution >= 4 is 39.4 Å². The van der Waals surface area contributed by atoms with E-state index in [0.29, 0.717) is 0 Å². The number of non-ortho nitro benzene ring substituents is 1. The summed E-state index contributed by atoms with van der Waals surface area (Å²) in [6.45, 7) is 2.05. The lowest BCUT2D eigenvalue weighted by atomic mass is 10.1. The lowest BCUT2D eigenvalue weighted by Gasteiger charge is -1.94. The molecule has 5 heteroatoms. The van der Waals surface area contributed by atoms with Gasteiger partial charge in [0.1, 0.15) is 5.01 Å². The summed E-state index contributed by atoms with van der Waals surface area (Å²) in [5.74, 6) is 0. The Bertz CT molecular complexity index is 852. The molecule has 0 atom stereocenters. The molecule has 0 aliphatic heterocycles. The van der Waals surface area contributed by atoms with E-state index in [-0.39, 0.29) is 10.6 Å². The Morgan fingerprint density at radius 3 is 2.81 bits per heavy atom. The Kier molecular flexibility index (Phi) is 3.50. The molecule has 0 spiro atoms. The van der Waals surface area contributed by atoms with Gasteiger partial charge in [-0.15, -0.1) is 11.3 Å². The zero-order valence-electron chi connectivity index (χ0n) is 11.3. The molecule has 3 aromatic rings. The minimum absolute atomic E-state index is 0.0976. The van der Waals surface area contributed by atoms with Crippen LogP contribution < -0.4 is 0 Å². The number of hydrogen-bond acceptors (Lipinski definition) is 4. The van der Waals surface area contributed by atoms with E-state index in [1.54, 1.807) is 12.1 Å². The average molecular weight is 296 g/mol. The van der Waals surface area contributed by atoms with Crippen LogP contribution in [0.2, 0.25) is 0 Å². The van der Waals surface area contributed by atoms with Crippen molar-refractivity contribution in [3.05, 3.63) is 68.7 Å². The van der Waals surface area contributed by atoms with Gasteiger partial charge in [-0.05, 0) is 24.6 Å². The van der Waals surface area contributed by atoms with Crippen LogP contribution in [0.25, 0.3) is 22.4 Å². The molecule has 3 rings (SSSR count). The molecule has 0 aliphatic rings. The number of hydrogen-bond donors (Lipinski definition) is 0. The maximum Gasteiger partial charge on any atom is 0.270 e. The number of aryl methyl sites for hydroxylation is 1. The van der Waals surface area contributed by atoms with E-state index in [0.717, 1.165) is 20.8 Å². The van der Waals surface area contributed by atoms with Crippen LogP contribution in [-0.4, -0.2) is 9.91 Å². The van der Waals surface area contributed by atoms with Crippen LogP contribution >= 0.6 is 11.3 Å². The van der Waals surface area contributed by atoms with Gasteiger partial charge in [0.2, 0.25) is 0 Å². The minimum Gasteiger partial charge on any atom is -0.258 e. The molecule has 21 heavy (non-hydrogen) atoms. The second-order valence-electron chi connectivity index (χ2n) is 4.71. The molecule has 0 saturated carbocycles. The highest BCUT2D eigenvalue weighted by atomic mass is 32.1. The Balaban J connectivity index is 1.92. The molecule has 2 aromatic carbocycles. The standard InChI is InChI=1S/C16H12N2O2S/c1-11-3-2-4-12(9-11)5-8-16-17-14-7-6-13(18(19)20)10-15(14)21-16/h2-10H,1H3/b8-5+. The van der Waals surface area contributed by atoms with Crippen LogP contribution in [-0.2, 0) is 0 Å². The molecule has 0 fully saturated rings. The predicted molar refractivity (Wildman–Crippen MR) is 86.4 cm³/mol. The van der Waals surface area contributed by atoms with Gasteiger partial charge in [-0.3, -0.25) is 10.1 Å². The summed E-state index contributed by atoms with van der Waals surface area (Å²) < 4.78 is 0.827. The topological polar surface area (TPSA) is 56.0 Å². The third-order valence-electron chi connectivity index (χ3n) is 3.06. The Morgan fingerprint density at radius 1 is 1.19 bits per heavy atom. The molecule has 0 saturated heterocycles. The molecule has 0 N–H and O–H groups in total. The molecular weight excluding hydrogens is 284 g/mol. The third kappa shape index (κ3) is 2.98. The predicted octanol–water partition coefficient (Wildman–Crippen LogP) is 4.68. The van der Waals surface area contributed by atoms with Crippen LogP contribution in [0.15, 0.2) is 42.5 Å². The molecule has 0 aliphatic carbocycles. The fraction of sp³-hybridized carbons (Fsp3) is 0.0625. The highest BCUT2D eigenvalue weighted by molar-refractivity contribution is 7.19. The summed E-state index contributed by atoms with van der Waals surface area (Å²) in [5, 5.41) is 11.6. The van der Waals surface area contributed by atoms with E-state index in [4.69, 9.17) is 0 Å². The first-order valence-corrected chi connectivity index (χ1v) is 7.23. The van der Waals surface area contributed by atoms with E-state index in [9.17, 15) is 10.1 Å². The zero-order valence-corrected chi connectivity index (χ0v) is 12.1.